The summed E-state index contributed by atoms with van der Waals surface area (Å²) in [5.41, 5.74) is 1.21. The van der Waals surface area contributed by atoms with Gasteiger partial charge >= 0.3 is 0 Å². The van der Waals surface area contributed by atoms with E-state index < -0.39 is 0 Å². The van der Waals surface area contributed by atoms with Crippen molar-refractivity contribution in [2.75, 3.05) is 20.2 Å². The molecule has 0 saturated carbocycles. The van der Waals surface area contributed by atoms with Gasteiger partial charge in [0.2, 0.25) is 5.91 Å². The lowest BCUT2D eigenvalue weighted by Gasteiger charge is -2.27. The van der Waals surface area contributed by atoms with Crippen molar-refractivity contribution in [1.29, 1.82) is 0 Å². The average molecular weight is 436 g/mol. The molecule has 1 heterocycles. The first-order valence-electron chi connectivity index (χ1n) is 10.1. The van der Waals surface area contributed by atoms with E-state index in [1.165, 1.54) is 23.3 Å². The first-order valence-corrected chi connectivity index (χ1v) is 10.1. The van der Waals surface area contributed by atoms with Gasteiger partial charge in [-0.3, -0.25) is 9.59 Å². The van der Waals surface area contributed by atoms with Crippen molar-refractivity contribution in [3.05, 3.63) is 102 Å². The summed E-state index contributed by atoms with van der Waals surface area (Å²) in [7, 11) is 1.55. The molecule has 2 amide bonds. The van der Waals surface area contributed by atoms with Crippen LogP contribution in [0.3, 0.4) is 0 Å². The number of furan rings is 1. The molecular weight excluding hydrogens is 411 g/mol. The molecule has 1 aromatic heterocycles. The smallest absolute Gasteiger partial charge is 0.254 e. The molecule has 2 aromatic carbocycles. The van der Waals surface area contributed by atoms with Gasteiger partial charge in [0.15, 0.2) is 0 Å². The van der Waals surface area contributed by atoms with E-state index in [4.69, 9.17) is 9.15 Å². The van der Waals surface area contributed by atoms with Crippen LogP contribution >= 0.6 is 0 Å². The second kappa shape index (κ2) is 10.9. The number of amides is 2. The molecule has 3 rings (SSSR count). The standard InChI is InChI=1S/C25H25FN2O4/c1-3-14-27(25(30)20-8-12-22(31-2)13-9-20)18-24(29)28(17-23-5-4-15-32-23)16-19-6-10-21(26)11-7-19/h3-13,15H,1,14,16-18H2,2H3. The highest BCUT2D eigenvalue weighted by molar-refractivity contribution is 5.96. The van der Waals surface area contributed by atoms with Crippen LogP contribution in [-0.4, -0.2) is 41.8 Å². The number of hydrogen-bond donors (Lipinski definition) is 0. The van der Waals surface area contributed by atoms with E-state index in [0.29, 0.717) is 17.1 Å². The minimum Gasteiger partial charge on any atom is -0.497 e. The number of hydrogen-bond acceptors (Lipinski definition) is 4. The summed E-state index contributed by atoms with van der Waals surface area (Å²) in [4.78, 5) is 29.2. The van der Waals surface area contributed by atoms with Gasteiger partial charge in [0.05, 0.1) is 19.9 Å². The maximum absolute atomic E-state index is 13.3. The van der Waals surface area contributed by atoms with Crippen LogP contribution in [0, 0.1) is 5.82 Å². The number of nitrogens with zero attached hydrogens (tertiary/aromatic N) is 2. The summed E-state index contributed by atoms with van der Waals surface area (Å²) >= 11 is 0. The fraction of sp³-hybridized carbons (Fsp3) is 0.200. The van der Waals surface area contributed by atoms with Crippen molar-refractivity contribution in [3.63, 3.8) is 0 Å². The van der Waals surface area contributed by atoms with Crippen LogP contribution in [0.5, 0.6) is 5.75 Å². The van der Waals surface area contributed by atoms with Gasteiger partial charge in [0.1, 0.15) is 23.9 Å². The Balaban J connectivity index is 1.77. The van der Waals surface area contributed by atoms with E-state index in [0.717, 1.165) is 5.56 Å². The Bertz CT molecular complexity index is 1030. The first-order chi connectivity index (χ1) is 15.5. The third kappa shape index (κ3) is 6.07. The lowest BCUT2D eigenvalue weighted by atomic mass is 10.1. The third-order valence-electron chi connectivity index (χ3n) is 4.87. The number of carbonyl (C=O) groups is 2. The van der Waals surface area contributed by atoms with Crippen molar-refractivity contribution in [3.8, 4) is 5.75 Å². The second-order valence-electron chi connectivity index (χ2n) is 7.16. The molecule has 0 aliphatic carbocycles. The van der Waals surface area contributed by atoms with Crippen LogP contribution in [0.1, 0.15) is 21.7 Å². The fourth-order valence-corrected chi connectivity index (χ4v) is 3.19. The molecule has 0 spiro atoms. The number of benzene rings is 2. The topological polar surface area (TPSA) is 63.0 Å². The van der Waals surface area contributed by atoms with Gasteiger partial charge in [-0.25, -0.2) is 4.39 Å². The molecule has 0 aliphatic rings. The lowest BCUT2D eigenvalue weighted by molar-refractivity contribution is -0.133. The molecule has 0 saturated heterocycles. The Kier molecular flexibility index (Phi) is 7.80. The molecule has 6 nitrogen and oxygen atoms in total. The van der Waals surface area contributed by atoms with Gasteiger partial charge in [-0.15, -0.1) is 6.58 Å². The van der Waals surface area contributed by atoms with Crippen molar-refractivity contribution in [2.24, 2.45) is 0 Å². The zero-order valence-corrected chi connectivity index (χ0v) is 17.9. The highest BCUT2D eigenvalue weighted by Gasteiger charge is 2.23. The first kappa shape index (κ1) is 22.8. The van der Waals surface area contributed by atoms with Gasteiger partial charge in [-0.2, -0.15) is 0 Å². The van der Waals surface area contributed by atoms with Crippen LogP contribution < -0.4 is 4.74 Å². The number of ether oxygens (including phenoxy) is 1. The third-order valence-corrected chi connectivity index (χ3v) is 4.87. The van der Waals surface area contributed by atoms with E-state index in [9.17, 15) is 14.0 Å². The maximum atomic E-state index is 13.3. The molecule has 0 fully saturated rings. The predicted molar refractivity (Wildman–Crippen MR) is 118 cm³/mol. The van der Waals surface area contributed by atoms with E-state index >= 15 is 0 Å². The van der Waals surface area contributed by atoms with E-state index in [1.54, 1.807) is 66.6 Å². The van der Waals surface area contributed by atoms with Crippen molar-refractivity contribution >= 4 is 11.8 Å². The van der Waals surface area contributed by atoms with Crippen LogP contribution in [0.2, 0.25) is 0 Å². The zero-order chi connectivity index (χ0) is 22.9. The summed E-state index contributed by atoms with van der Waals surface area (Å²) in [5, 5.41) is 0. The Hall–Kier alpha value is -3.87. The van der Waals surface area contributed by atoms with Crippen LogP contribution in [0.4, 0.5) is 4.39 Å². The summed E-state index contributed by atoms with van der Waals surface area (Å²) < 4.78 is 23.8. The molecule has 0 radical (unpaired) electrons. The molecule has 0 aliphatic heterocycles. The largest absolute Gasteiger partial charge is 0.497 e. The number of carbonyl (C=O) groups excluding carboxylic acids is 2. The number of rotatable bonds is 10. The minimum absolute atomic E-state index is 0.140. The Morgan fingerprint density at radius 3 is 2.34 bits per heavy atom. The van der Waals surface area contributed by atoms with Gasteiger partial charge in [0, 0.05) is 18.7 Å². The second-order valence-corrected chi connectivity index (χ2v) is 7.16. The Morgan fingerprint density at radius 1 is 1.03 bits per heavy atom. The normalized spacial score (nSPS) is 10.4. The highest BCUT2D eigenvalue weighted by atomic mass is 19.1. The highest BCUT2D eigenvalue weighted by Crippen LogP contribution is 2.15. The zero-order valence-electron chi connectivity index (χ0n) is 17.9. The molecule has 0 atom stereocenters. The molecular formula is C25H25FN2O4. The summed E-state index contributed by atoms with van der Waals surface area (Å²) in [5.74, 6) is 0.337. The molecule has 0 N–H and O–H groups in total. The summed E-state index contributed by atoms with van der Waals surface area (Å²) in [6, 6.07) is 16.2. The minimum atomic E-state index is -0.347. The monoisotopic (exact) mass is 436 g/mol. The average Bonchev–Trinajstić information content (AvgIpc) is 3.32. The predicted octanol–water partition coefficient (Wildman–Crippen LogP) is 4.28. The van der Waals surface area contributed by atoms with E-state index in [-0.39, 0.29) is 43.8 Å². The molecule has 7 heteroatoms. The number of methoxy groups -OCH3 is 1. The maximum Gasteiger partial charge on any atom is 0.254 e. The number of halogens is 1. The van der Waals surface area contributed by atoms with Gasteiger partial charge < -0.3 is 19.0 Å². The van der Waals surface area contributed by atoms with Crippen molar-refractivity contribution < 1.29 is 23.1 Å². The quantitative estimate of drug-likeness (QED) is 0.445. The van der Waals surface area contributed by atoms with E-state index in [2.05, 4.69) is 6.58 Å². The Labute approximate surface area is 186 Å². The molecule has 0 bridgehead atoms. The van der Waals surface area contributed by atoms with Crippen LogP contribution in [0.15, 0.2) is 84.0 Å². The SMILES string of the molecule is C=CCN(CC(=O)N(Cc1ccc(F)cc1)Cc1ccco1)C(=O)c1ccc(OC)cc1. The summed E-state index contributed by atoms with van der Waals surface area (Å²) in [6.45, 7) is 4.25. The van der Waals surface area contributed by atoms with E-state index in [1.807, 2.05) is 0 Å². The van der Waals surface area contributed by atoms with Crippen molar-refractivity contribution in [1.82, 2.24) is 9.80 Å². The van der Waals surface area contributed by atoms with Gasteiger partial charge in [0.25, 0.3) is 5.91 Å². The molecule has 166 valence electrons. The lowest BCUT2D eigenvalue weighted by Crippen LogP contribution is -2.42. The Morgan fingerprint density at radius 2 is 1.75 bits per heavy atom. The molecule has 3 aromatic rings. The van der Waals surface area contributed by atoms with Crippen LogP contribution in [0.25, 0.3) is 0 Å². The fourth-order valence-electron chi connectivity index (χ4n) is 3.19. The molecule has 0 unspecified atom stereocenters. The summed E-state index contributed by atoms with van der Waals surface area (Å²) in [6.07, 6.45) is 3.11. The van der Waals surface area contributed by atoms with Crippen LogP contribution in [-0.2, 0) is 17.9 Å². The molecule has 32 heavy (non-hydrogen) atoms. The van der Waals surface area contributed by atoms with Gasteiger partial charge in [-0.1, -0.05) is 18.2 Å². The van der Waals surface area contributed by atoms with Crippen molar-refractivity contribution in [2.45, 2.75) is 13.1 Å². The van der Waals surface area contributed by atoms with Gasteiger partial charge in [-0.05, 0) is 54.1 Å².